The van der Waals surface area contributed by atoms with E-state index < -0.39 is 23.3 Å². The quantitative estimate of drug-likeness (QED) is 0.235. The zero-order valence-electron chi connectivity index (χ0n) is 18.1. The fraction of sp³-hybridized carbons (Fsp3) is 0.455. The molecule has 7 nitrogen and oxygen atoms in total. The van der Waals surface area contributed by atoms with Crippen LogP contribution in [0.15, 0.2) is 48.6 Å². The van der Waals surface area contributed by atoms with Crippen molar-refractivity contribution in [3.63, 3.8) is 0 Å². The topological polar surface area (TPSA) is 103 Å². The van der Waals surface area contributed by atoms with Gasteiger partial charge in [0.2, 0.25) is 0 Å². The highest BCUT2D eigenvalue weighted by Gasteiger charge is 2.34. The van der Waals surface area contributed by atoms with Gasteiger partial charge in [-0.3, -0.25) is 0 Å². The molecule has 29 heavy (non-hydrogen) atoms. The maximum atomic E-state index is 11.6. The van der Waals surface area contributed by atoms with Gasteiger partial charge in [0.05, 0.1) is 11.5 Å². The van der Waals surface area contributed by atoms with E-state index in [-0.39, 0.29) is 36.5 Å². The van der Waals surface area contributed by atoms with Gasteiger partial charge in [-0.2, -0.15) is 5.26 Å². The number of ether oxygens (including phenoxy) is 3. The van der Waals surface area contributed by atoms with Crippen molar-refractivity contribution in [2.45, 2.75) is 41.0 Å². The van der Waals surface area contributed by atoms with Gasteiger partial charge < -0.3 is 14.2 Å². The van der Waals surface area contributed by atoms with E-state index in [0.717, 1.165) is 0 Å². The van der Waals surface area contributed by atoms with Gasteiger partial charge in [0.15, 0.2) is 0 Å². The van der Waals surface area contributed by atoms with Gasteiger partial charge in [-0.15, -0.1) is 0 Å². The highest BCUT2D eigenvalue weighted by atomic mass is 16.6. The summed E-state index contributed by atoms with van der Waals surface area (Å²) in [4.78, 5) is 34.9. The molecule has 0 atom stereocenters. The first-order valence-corrected chi connectivity index (χ1v) is 8.85. The summed E-state index contributed by atoms with van der Waals surface area (Å²) in [5, 5.41) is 7.79. The lowest BCUT2D eigenvalue weighted by Gasteiger charge is -2.31. The molecular formula is C22H31NO6. The molecule has 0 aromatic rings. The molecule has 0 amide bonds. The van der Waals surface area contributed by atoms with Gasteiger partial charge >= 0.3 is 17.9 Å². The van der Waals surface area contributed by atoms with Crippen LogP contribution >= 0.6 is 0 Å². The number of allylic oxidation sites excluding steroid dienone is 1. The third-order valence-electron chi connectivity index (χ3n) is 3.51. The Morgan fingerprint density at radius 3 is 1.14 bits per heavy atom. The maximum absolute atomic E-state index is 11.6. The maximum Gasteiger partial charge on any atom is 0.333 e. The van der Waals surface area contributed by atoms with Crippen LogP contribution in [-0.4, -0.2) is 37.7 Å². The summed E-state index contributed by atoms with van der Waals surface area (Å²) in [5.41, 5.74) is 0.444. The molecule has 0 bridgehead atoms. The Hall–Kier alpha value is -3.14. The average Bonchev–Trinajstić information content (AvgIpc) is 2.66. The second-order valence-electron chi connectivity index (χ2n) is 6.82. The van der Waals surface area contributed by atoms with Crippen molar-refractivity contribution >= 4 is 17.9 Å². The summed E-state index contributed by atoms with van der Waals surface area (Å²) >= 11 is 0. The Morgan fingerprint density at radius 2 is 1.00 bits per heavy atom. The van der Waals surface area contributed by atoms with Gasteiger partial charge in [-0.25, -0.2) is 14.4 Å². The summed E-state index contributed by atoms with van der Waals surface area (Å²) < 4.78 is 15.5. The smallest absolute Gasteiger partial charge is 0.333 e. The number of rotatable bonds is 10. The fourth-order valence-corrected chi connectivity index (χ4v) is 1.46. The minimum Gasteiger partial charge on any atom is -0.461 e. The second-order valence-corrected chi connectivity index (χ2v) is 6.82. The Morgan fingerprint density at radius 1 is 0.759 bits per heavy atom. The van der Waals surface area contributed by atoms with Crippen molar-refractivity contribution in [3.8, 4) is 6.07 Å². The molecule has 0 fully saturated rings. The standard InChI is InChI=1S/C18H26O6.C4H5N/c1-8-18(9-22-15(19)12(2)3,10-23-16(20)13(4)5)11-24-17(21)14(6)7;1-4(2)3-5/h2,4,6,8-11H2,1,3,5,7H3;1H2,2H3. The predicted molar refractivity (Wildman–Crippen MR) is 110 cm³/mol. The number of nitrogens with zero attached hydrogens (tertiary/aromatic N) is 1. The molecule has 0 aliphatic carbocycles. The van der Waals surface area contributed by atoms with Gasteiger partial charge in [-0.1, -0.05) is 33.2 Å². The minimum absolute atomic E-state index is 0.0812. The van der Waals surface area contributed by atoms with E-state index in [4.69, 9.17) is 19.5 Å². The van der Waals surface area contributed by atoms with Crippen LogP contribution in [0.25, 0.3) is 0 Å². The van der Waals surface area contributed by atoms with Crippen LogP contribution < -0.4 is 0 Å². The van der Waals surface area contributed by atoms with Crippen molar-refractivity contribution in [3.05, 3.63) is 48.6 Å². The summed E-state index contributed by atoms with van der Waals surface area (Å²) in [6.45, 7) is 21.7. The van der Waals surface area contributed by atoms with Crippen molar-refractivity contribution in [1.82, 2.24) is 0 Å². The second kappa shape index (κ2) is 13.9. The van der Waals surface area contributed by atoms with Crippen molar-refractivity contribution in [2.75, 3.05) is 19.8 Å². The van der Waals surface area contributed by atoms with E-state index in [2.05, 4.69) is 26.3 Å². The SMILES string of the molecule is C=C(C)C#N.C=C(C)C(=O)OCC(CC)(COC(=O)C(=C)C)COC(=O)C(=C)C. The van der Waals surface area contributed by atoms with Crippen molar-refractivity contribution < 1.29 is 28.6 Å². The third-order valence-corrected chi connectivity index (χ3v) is 3.51. The Bertz CT molecular complexity index is 637. The van der Waals surface area contributed by atoms with E-state index in [1.807, 2.05) is 13.0 Å². The van der Waals surface area contributed by atoms with Crippen LogP contribution in [0, 0.1) is 16.7 Å². The lowest BCUT2D eigenvalue weighted by atomic mass is 9.88. The molecule has 7 heteroatoms. The molecular weight excluding hydrogens is 374 g/mol. The Balaban J connectivity index is 0. The molecule has 0 heterocycles. The molecule has 0 unspecified atom stereocenters. The van der Waals surface area contributed by atoms with E-state index in [1.165, 1.54) is 20.8 Å². The third kappa shape index (κ3) is 12.8. The first-order valence-electron chi connectivity index (χ1n) is 8.85. The zero-order chi connectivity index (χ0) is 23.2. The van der Waals surface area contributed by atoms with Gasteiger partial charge in [-0.05, 0) is 34.1 Å². The van der Waals surface area contributed by atoms with Crippen LogP contribution in [0.3, 0.4) is 0 Å². The molecule has 0 N–H and O–H groups in total. The Kier molecular flexibility index (Phi) is 13.5. The molecule has 0 rings (SSSR count). The van der Waals surface area contributed by atoms with Gasteiger partial charge in [0.25, 0.3) is 0 Å². The highest BCUT2D eigenvalue weighted by Crippen LogP contribution is 2.25. The normalized spacial score (nSPS) is 9.66. The highest BCUT2D eigenvalue weighted by molar-refractivity contribution is 5.88. The van der Waals surface area contributed by atoms with E-state index >= 15 is 0 Å². The van der Waals surface area contributed by atoms with E-state index in [0.29, 0.717) is 12.0 Å². The molecule has 160 valence electrons. The number of nitriles is 1. The van der Waals surface area contributed by atoms with E-state index in [9.17, 15) is 14.4 Å². The molecule has 0 radical (unpaired) electrons. The number of hydrogen-bond donors (Lipinski definition) is 0. The molecule has 0 saturated carbocycles. The number of hydrogen-bond acceptors (Lipinski definition) is 7. The van der Waals surface area contributed by atoms with Gasteiger partial charge in [0, 0.05) is 22.3 Å². The fourth-order valence-electron chi connectivity index (χ4n) is 1.46. The van der Waals surface area contributed by atoms with Crippen LogP contribution in [-0.2, 0) is 28.6 Å². The number of carbonyl (C=O) groups is 3. The summed E-state index contributed by atoms with van der Waals surface area (Å²) in [5.74, 6) is -1.69. The Labute approximate surface area is 173 Å². The molecule has 0 aromatic carbocycles. The molecule has 0 aliphatic rings. The van der Waals surface area contributed by atoms with Crippen molar-refractivity contribution in [2.24, 2.45) is 5.41 Å². The minimum atomic E-state index is -0.860. The summed E-state index contributed by atoms with van der Waals surface area (Å²) in [6, 6.07) is 1.83. The monoisotopic (exact) mass is 405 g/mol. The summed E-state index contributed by atoms with van der Waals surface area (Å²) in [7, 11) is 0. The van der Waals surface area contributed by atoms with Crippen LogP contribution in [0.1, 0.15) is 41.0 Å². The molecule has 0 spiro atoms. The predicted octanol–water partition coefficient (Wildman–Crippen LogP) is 3.83. The van der Waals surface area contributed by atoms with Crippen LogP contribution in [0.2, 0.25) is 0 Å². The first-order chi connectivity index (χ1) is 13.3. The first kappa shape index (κ1) is 28.1. The average molecular weight is 405 g/mol. The lowest BCUT2D eigenvalue weighted by Crippen LogP contribution is -2.39. The van der Waals surface area contributed by atoms with E-state index in [1.54, 1.807) is 6.92 Å². The zero-order valence-corrected chi connectivity index (χ0v) is 18.1. The van der Waals surface area contributed by atoms with Gasteiger partial charge in [0.1, 0.15) is 19.8 Å². The largest absolute Gasteiger partial charge is 0.461 e. The summed E-state index contributed by atoms with van der Waals surface area (Å²) in [6.07, 6.45) is 0.448. The van der Waals surface area contributed by atoms with Crippen molar-refractivity contribution in [1.29, 1.82) is 5.26 Å². The molecule has 0 aliphatic heterocycles. The van der Waals surface area contributed by atoms with Crippen LogP contribution in [0.5, 0.6) is 0 Å². The number of esters is 3. The lowest BCUT2D eigenvalue weighted by molar-refractivity contribution is -0.157. The number of carbonyl (C=O) groups excluding carboxylic acids is 3. The molecule has 0 saturated heterocycles. The molecule has 0 aromatic heterocycles. The van der Waals surface area contributed by atoms with Crippen LogP contribution in [0.4, 0.5) is 0 Å².